The molecular formula is C24H25N5O3S2. The number of nitrogens with zero attached hydrogens (tertiary/aromatic N) is 4. The number of rotatable bonds is 8. The van der Waals surface area contributed by atoms with Gasteiger partial charge in [-0.05, 0) is 30.5 Å². The Morgan fingerprint density at radius 1 is 1.03 bits per heavy atom. The summed E-state index contributed by atoms with van der Waals surface area (Å²) in [6.45, 7) is 1.98. The van der Waals surface area contributed by atoms with E-state index in [1.165, 1.54) is 16.1 Å². The topological polar surface area (TPSA) is 97.2 Å². The van der Waals surface area contributed by atoms with Crippen molar-refractivity contribution in [3.8, 4) is 0 Å². The number of thioether (sulfide) groups is 1. The molecule has 10 heteroatoms. The third-order valence-electron chi connectivity index (χ3n) is 5.33. The lowest BCUT2D eigenvalue weighted by molar-refractivity contribution is -0.113. The largest absolute Gasteiger partial charge is 0.325 e. The van der Waals surface area contributed by atoms with Gasteiger partial charge >= 0.3 is 0 Å². The second-order valence-electron chi connectivity index (χ2n) is 7.93. The summed E-state index contributed by atoms with van der Waals surface area (Å²) in [5.41, 5.74) is 2.35. The van der Waals surface area contributed by atoms with Gasteiger partial charge in [-0.1, -0.05) is 65.9 Å². The zero-order chi connectivity index (χ0) is 24.3. The van der Waals surface area contributed by atoms with Gasteiger partial charge in [0.25, 0.3) is 0 Å². The van der Waals surface area contributed by atoms with E-state index in [1.54, 1.807) is 23.7 Å². The van der Waals surface area contributed by atoms with Crippen LogP contribution in [0, 0.1) is 6.92 Å². The minimum atomic E-state index is -3.53. The van der Waals surface area contributed by atoms with Crippen LogP contribution in [0.5, 0.6) is 0 Å². The van der Waals surface area contributed by atoms with Gasteiger partial charge in [0, 0.05) is 18.1 Å². The quantitative estimate of drug-likeness (QED) is 0.372. The van der Waals surface area contributed by atoms with E-state index in [2.05, 4.69) is 15.5 Å². The number of hydrogen-bond acceptors (Lipinski definition) is 6. The molecular weight excluding hydrogens is 470 g/mol. The number of anilines is 2. The molecule has 1 amide bonds. The highest BCUT2D eigenvalue weighted by Crippen LogP contribution is 2.25. The molecule has 34 heavy (non-hydrogen) atoms. The fraction of sp³-hybridized carbons (Fsp3) is 0.208. The molecule has 0 aliphatic heterocycles. The number of amides is 1. The molecule has 0 aliphatic rings. The van der Waals surface area contributed by atoms with E-state index < -0.39 is 10.0 Å². The van der Waals surface area contributed by atoms with E-state index in [9.17, 15) is 13.2 Å². The monoisotopic (exact) mass is 495 g/mol. The smallest absolute Gasteiger partial charge is 0.234 e. The van der Waals surface area contributed by atoms with Gasteiger partial charge < -0.3 is 9.88 Å². The van der Waals surface area contributed by atoms with Crippen molar-refractivity contribution in [2.24, 2.45) is 7.05 Å². The second kappa shape index (κ2) is 9.86. The van der Waals surface area contributed by atoms with Crippen LogP contribution in [-0.4, -0.2) is 41.1 Å². The third kappa shape index (κ3) is 5.40. The highest BCUT2D eigenvalue weighted by atomic mass is 32.2. The predicted molar refractivity (Wildman–Crippen MR) is 137 cm³/mol. The normalized spacial score (nSPS) is 11.5. The van der Waals surface area contributed by atoms with E-state index in [0.717, 1.165) is 28.3 Å². The molecule has 0 fully saturated rings. The van der Waals surface area contributed by atoms with E-state index >= 15 is 0 Å². The van der Waals surface area contributed by atoms with Crippen LogP contribution in [-0.2, 0) is 28.4 Å². The minimum absolute atomic E-state index is 0.0359. The summed E-state index contributed by atoms with van der Waals surface area (Å²) in [4.78, 5) is 12.6. The van der Waals surface area contributed by atoms with Crippen molar-refractivity contribution in [1.29, 1.82) is 0 Å². The summed E-state index contributed by atoms with van der Waals surface area (Å²) in [7, 11) is -1.77. The number of nitrogens with one attached hydrogen (secondary N) is 1. The molecule has 0 aliphatic carbocycles. The van der Waals surface area contributed by atoms with Gasteiger partial charge in [-0.3, -0.25) is 9.10 Å². The average molecular weight is 496 g/mol. The van der Waals surface area contributed by atoms with Gasteiger partial charge in [0.15, 0.2) is 11.0 Å². The number of carbonyl (C=O) groups excluding carboxylic acids is 1. The standard InChI is InChI=1S/C24H25N5O3S2/c1-17-11-13-19(14-12-17)29(34(3,31)32)15-22-26-27-24(28(22)2)33-16-23(30)25-21-10-6-8-18-7-4-5-9-20(18)21/h4-14H,15-16H2,1-3H3,(H,25,30). The first-order valence-corrected chi connectivity index (χ1v) is 13.4. The van der Waals surface area contributed by atoms with Crippen LogP contribution in [0.1, 0.15) is 11.4 Å². The fourth-order valence-corrected chi connectivity index (χ4v) is 5.08. The maximum Gasteiger partial charge on any atom is 0.234 e. The molecule has 0 bridgehead atoms. The van der Waals surface area contributed by atoms with Gasteiger partial charge in [0.05, 0.1) is 24.2 Å². The van der Waals surface area contributed by atoms with Crippen LogP contribution in [0.15, 0.2) is 71.9 Å². The summed E-state index contributed by atoms with van der Waals surface area (Å²) >= 11 is 1.24. The highest BCUT2D eigenvalue weighted by Gasteiger charge is 2.21. The van der Waals surface area contributed by atoms with Crippen molar-refractivity contribution in [3.63, 3.8) is 0 Å². The summed E-state index contributed by atoms with van der Waals surface area (Å²) < 4.78 is 27.9. The Hall–Kier alpha value is -3.37. The predicted octanol–water partition coefficient (Wildman–Crippen LogP) is 3.97. The number of carbonyl (C=O) groups is 1. The van der Waals surface area contributed by atoms with Crippen LogP contribution < -0.4 is 9.62 Å². The maximum atomic E-state index is 12.6. The molecule has 4 aromatic rings. The molecule has 1 aromatic heterocycles. The number of benzene rings is 3. The van der Waals surface area contributed by atoms with Crippen LogP contribution in [0.4, 0.5) is 11.4 Å². The molecule has 176 valence electrons. The van der Waals surface area contributed by atoms with Crippen molar-refractivity contribution >= 4 is 49.8 Å². The summed E-state index contributed by atoms with van der Waals surface area (Å²) in [6, 6.07) is 20.9. The van der Waals surface area contributed by atoms with Crippen molar-refractivity contribution in [1.82, 2.24) is 14.8 Å². The Kier molecular flexibility index (Phi) is 6.90. The first-order chi connectivity index (χ1) is 16.2. The third-order valence-corrected chi connectivity index (χ3v) is 7.49. The van der Waals surface area contributed by atoms with E-state index in [-0.39, 0.29) is 18.2 Å². The van der Waals surface area contributed by atoms with Gasteiger partial charge in [0.2, 0.25) is 15.9 Å². The average Bonchev–Trinajstić information content (AvgIpc) is 3.15. The molecule has 4 rings (SSSR count). The fourth-order valence-electron chi connectivity index (χ4n) is 3.50. The lowest BCUT2D eigenvalue weighted by Crippen LogP contribution is -2.30. The Labute approximate surface area is 203 Å². The van der Waals surface area contributed by atoms with Gasteiger partial charge in [-0.2, -0.15) is 0 Å². The van der Waals surface area contributed by atoms with Crippen LogP contribution in [0.3, 0.4) is 0 Å². The van der Waals surface area contributed by atoms with Crippen molar-refractivity contribution < 1.29 is 13.2 Å². The molecule has 0 spiro atoms. The van der Waals surface area contributed by atoms with Crippen LogP contribution in [0.2, 0.25) is 0 Å². The Balaban J connectivity index is 1.44. The lowest BCUT2D eigenvalue weighted by Gasteiger charge is -2.22. The van der Waals surface area contributed by atoms with Gasteiger partial charge in [-0.15, -0.1) is 10.2 Å². The number of aromatic nitrogens is 3. The maximum absolute atomic E-state index is 12.6. The SMILES string of the molecule is Cc1ccc(N(Cc2nnc(SCC(=O)Nc3cccc4ccccc34)n2C)S(C)(=O)=O)cc1. The van der Waals surface area contributed by atoms with Crippen molar-refractivity contribution in [2.45, 2.75) is 18.6 Å². The lowest BCUT2D eigenvalue weighted by atomic mass is 10.1. The zero-order valence-corrected chi connectivity index (χ0v) is 20.7. The Bertz CT molecular complexity index is 1430. The van der Waals surface area contributed by atoms with Crippen LogP contribution >= 0.6 is 11.8 Å². The molecule has 0 unspecified atom stereocenters. The summed E-state index contributed by atoms with van der Waals surface area (Å²) in [5, 5.41) is 13.8. The van der Waals surface area contributed by atoms with Crippen LogP contribution in [0.25, 0.3) is 10.8 Å². The van der Waals surface area contributed by atoms with E-state index in [0.29, 0.717) is 16.7 Å². The minimum Gasteiger partial charge on any atom is -0.325 e. The second-order valence-corrected chi connectivity index (χ2v) is 10.8. The highest BCUT2D eigenvalue weighted by molar-refractivity contribution is 7.99. The van der Waals surface area contributed by atoms with Crippen molar-refractivity contribution in [2.75, 3.05) is 21.6 Å². The molecule has 1 N–H and O–H groups in total. The first kappa shape index (κ1) is 23.8. The molecule has 0 atom stereocenters. The summed E-state index contributed by atoms with van der Waals surface area (Å²) in [6.07, 6.45) is 1.16. The Morgan fingerprint density at radius 2 is 1.74 bits per heavy atom. The molecule has 1 heterocycles. The molecule has 0 saturated heterocycles. The van der Waals surface area contributed by atoms with Gasteiger partial charge in [-0.25, -0.2) is 8.42 Å². The van der Waals surface area contributed by atoms with Crippen molar-refractivity contribution in [3.05, 3.63) is 78.1 Å². The number of fused-ring (bicyclic) bond motifs is 1. The zero-order valence-electron chi connectivity index (χ0n) is 19.1. The number of aryl methyl sites for hydroxylation is 1. The number of sulfonamides is 1. The molecule has 0 saturated carbocycles. The van der Waals surface area contributed by atoms with E-state index in [1.807, 2.05) is 61.5 Å². The number of hydrogen-bond donors (Lipinski definition) is 1. The Morgan fingerprint density at radius 3 is 2.47 bits per heavy atom. The molecule has 0 radical (unpaired) electrons. The van der Waals surface area contributed by atoms with E-state index in [4.69, 9.17) is 0 Å². The molecule has 3 aromatic carbocycles. The molecule has 8 nitrogen and oxygen atoms in total. The summed E-state index contributed by atoms with van der Waals surface area (Å²) in [5.74, 6) is 0.453. The first-order valence-electron chi connectivity index (χ1n) is 10.6. The van der Waals surface area contributed by atoms with Gasteiger partial charge in [0.1, 0.15) is 0 Å².